The molecule has 74 valence electrons. The van der Waals surface area contributed by atoms with Gasteiger partial charge in [0, 0.05) is 12.2 Å². The van der Waals surface area contributed by atoms with E-state index in [1.807, 2.05) is 13.8 Å². The van der Waals surface area contributed by atoms with Crippen LogP contribution in [0.1, 0.15) is 19.9 Å². The summed E-state index contributed by atoms with van der Waals surface area (Å²) in [6.07, 6.45) is 1.45. The van der Waals surface area contributed by atoms with Crippen molar-refractivity contribution in [3.8, 4) is 5.88 Å². The second-order valence-corrected chi connectivity index (χ2v) is 3.14. The number of ether oxygens (including phenoxy) is 1. The molecule has 0 N–H and O–H groups in total. The fourth-order valence-corrected chi connectivity index (χ4v) is 0.964. The first-order valence-electron chi connectivity index (χ1n) is 3.70. The number of alkyl halides is 2. The Bertz CT molecular complexity index is 288. The Kier molecular flexibility index (Phi) is 3.08. The first kappa shape index (κ1) is 10.2. The van der Waals surface area contributed by atoms with Gasteiger partial charge in [0.05, 0.1) is 0 Å². The van der Waals surface area contributed by atoms with Crippen LogP contribution in [0.2, 0.25) is 5.02 Å². The molecule has 1 heterocycles. The van der Waals surface area contributed by atoms with Crippen molar-refractivity contribution < 1.29 is 13.5 Å². The summed E-state index contributed by atoms with van der Waals surface area (Å²) in [6, 6.07) is 0.0625. The lowest BCUT2D eigenvalue weighted by Gasteiger charge is -2.03. The van der Waals surface area contributed by atoms with E-state index >= 15 is 0 Å². The van der Waals surface area contributed by atoms with Gasteiger partial charge < -0.3 is 4.74 Å². The molecule has 13 heavy (non-hydrogen) atoms. The summed E-state index contributed by atoms with van der Waals surface area (Å²) in [4.78, 5) is 0. The summed E-state index contributed by atoms with van der Waals surface area (Å²) in [5, 5.41) is 3.82. The first-order chi connectivity index (χ1) is 6.00. The van der Waals surface area contributed by atoms with Crippen LogP contribution in [0.15, 0.2) is 6.20 Å². The van der Waals surface area contributed by atoms with E-state index in [1.54, 1.807) is 0 Å². The third kappa shape index (κ3) is 2.55. The number of halogens is 3. The van der Waals surface area contributed by atoms with Gasteiger partial charge in [-0.3, -0.25) is 4.68 Å². The lowest BCUT2D eigenvalue weighted by Crippen LogP contribution is -2.05. The minimum Gasteiger partial charge on any atom is -0.414 e. The molecule has 0 aliphatic heterocycles. The number of rotatable bonds is 3. The Hall–Kier alpha value is -0.840. The third-order valence-corrected chi connectivity index (χ3v) is 1.65. The molecule has 1 aromatic heterocycles. The van der Waals surface area contributed by atoms with Gasteiger partial charge in [0.2, 0.25) is 0 Å². The molecule has 0 saturated heterocycles. The van der Waals surface area contributed by atoms with E-state index in [2.05, 4.69) is 9.84 Å². The van der Waals surface area contributed by atoms with Gasteiger partial charge in [-0.05, 0) is 13.8 Å². The van der Waals surface area contributed by atoms with Crippen molar-refractivity contribution in [2.45, 2.75) is 26.5 Å². The topological polar surface area (TPSA) is 27.1 Å². The number of hydrogen-bond acceptors (Lipinski definition) is 2. The molecule has 3 nitrogen and oxygen atoms in total. The van der Waals surface area contributed by atoms with Crippen molar-refractivity contribution >= 4 is 11.6 Å². The normalized spacial score (nSPS) is 11.3. The monoisotopic (exact) mass is 210 g/mol. The predicted molar refractivity (Wildman–Crippen MR) is 44.3 cm³/mol. The molecule has 0 aromatic carbocycles. The maximum Gasteiger partial charge on any atom is 0.388 e. The van der Waals surface area contributed by atoms with Gasteiger partial charge in [-0.15, -0.1) is 5.10 Å². The van der Waals surface area contributed by atoms with E-state index in [-0.39, 0.29) is 16.9 Å². The highest BCUT2D eigenvalue weighted by Gasteiger charge is 2.13. The van der Waals surface area contributed by atoms with Gasteiger partial charge in [-0.1, -0.05) is 11.6 Å². The Morgan fingerprint density at radius 3 is 2.54 bits per heavy atom. The maximum atomic E-state index is 11.8. The Morgan fingerprint density at radius 1 is 1.54 bits per heavy atom. The zero-order valence-electron chi connectivity index (χ0n) is 7.17. The average molecular weight is 211 g/mol. The Labute approximate surface area is 79.2 Å². The fourth-order valence-electron chi connectivity index (χ4n) is 0.782. The molecule has 0 bridgehead atoms. The van der Waals surface area contributed by atoms with Gasteiger partial charge in [-0.2, -0.15) is 8.78 Å². The smallest absolute Gasteiger partial charge is 0.388 e. The molecule has 0 aliphatic rings. The highest BCUT2D eigenvalue weighted by atomic mass is 35.5. The highest BCUT2D eigenvalue weighted by molar-refractivity contribution is 6.31. The zero-order chi connectivity index (χ0) is 10.0. The fraction of sp³-hybridized carbons (Fsp3) is 0.571. The predicted octanol–water partition coefficient (Wildman–Crippen LogP) is 2.72. The number of hydrogen-bond donors (Lipinski definition) is 0. The van der Waals surface area contributed by atoms with Gasteiger partial charge in [-0.25, -0.2) is 0 Å². The van der Waals surface area contributed by atoms with Crippen LogP contribution in [0.25, 0.3) is 0 Å². The summed E-state index contributed by atoms with van der Waals surface area (Å²) in [7, 11) is 0. The summed E-state index contributed by atoms with van der Waals surface area (Å²) >= 11 is 5.59. The highest BCUT2D eigenvalue weighted by Crippen LogP contribution is 2.24. The lowest BCUT2D eigenvalue weighted by molar-refractivity contribution is -0.0532. The van der Waals surface area contributed by atoms with E-state index < -0.39 is 6.61 Å². The molecule has 0 unspecified atom stereocenters. The summed E-state index contributed by atoms with van der Waals surface area (Å²) < 4.78 is 29.1. The van der Waals surface area contributed by atoms with Crippen molar-refractivity contribution in [3.63, 3.8) is 0 Å². The molecule has 0 fully saturated rings. The molecular weight excluding hydrogens is 202 g/mol. The van der Waals surface area contributed by atoms with Crippen molar-refractivity contribution in [1.82, 2.24) is 9.78 Å². The molecule has 0 spiro atoms. The van der Waals surface area contributed by atoms with Crippen LogP contribution >= 0.6 is 11.6 Å². The first-order valence-corrected chi connectivity index (χ1v) is 4.08. The zero-order valence-corrected chi connectivity index (χ0v) is 7.92. The largest absolute Gasteiger partial charge is 0.414 e. The molecule has 1 rings (SSSR count). The third-order valence-electron chi connectivity index (χ3n) is 1.39. The molecule has 0 saturated carbocycles. The van der Waals surface area contributed by atoms with Crippen LogP contribution in [0.5, 0.6) is 5.88 Å². The molecule has 0 radical (unpaired) electrons. The Morgan fingerprint density at radius 2 is 2.15 bits per heavy atom. The van der Waals surface area contributed by atoms with E-state index in [0.717, 1.165) is 0 Å². The summed E-state index contributed by atoms with van der Waals surface area (Å²) in [6.45, 7) is 0.818. The van der Waals surface area contributed by atoms with Crippen LogP contribution in [0.4, 0.5) is 8.78 Å². The second-order valence-electron chi connectivity index (χ2n) is 2.73. The van der Waals surface area contributed by atoms with Crippen molar-refractivity contribution in [2.24, 2.45) is 0 Å². The van der Waals surface area contributed by atoms with E-state index in [1.165, 1.54) is 10.9 Å². The summed E-state index contributed by atoms with van der Waals surface area (Å²) in [5.74, 6) is -0.231. The SMILES string of the molecule is CC(C)n1cc(Cl)c(OC(F)F)n1. The number of aromatic nitrogens is 2. The Balaban J connectivity index is 2.83. The molecule has 0 amide bonds. The minimum absolute atomic E-state index is 0.0625. The lowest BCUT2D eigenvalue weighted by atomic mass is 10.4. The van der Waals surface area contributed by atoms with E-state index in [9.17, 15) is 8.78 Å². The van der Waals surface area contributed by atoms with Gasteiger partial charge in [0.15, 0.2) is 0 Å². The maximum absolute atomic E-state index is 11.8. The van der Waals surface area contributed by atoms with Crippen molar-refractivity contribution in [2.75, 3.05) is 0 Å². The molecule has 0 aliphatic carbocycles. The van der Waals surface area contributed by atoms with Crippen LogP contribution < -0.4 is 4.74 Å². The van der Waals surface area contributed by atoms with Crippen LogP contribution in [0.3, 0.4) is 0 Å². The van der Waals surface area contributed by atoms with Crippen molar-refractivity contribution in [3.05, 3.63) is 11.2 Å². The van der Waals surface area contributed by atoms with Gasteiger partial charge >= 0.3 is 6.61 Å². The van der Waals surface area contributed by atoms with Crippen LogP contribution in [-0.4, -0.2) is 16.4 Å². The van der Waals surface area contributed by atoms with Crippen molar-refractivity contribution in [1.29, 1.82) is 0 Å². The minimum atomic E-state index is -2.90. The molecule has 1 aromatic rings. The molecule has 0 atom stereocenters. The van der Waals surface area contributed by atoms with Crippen LogP contribution in [0, 0.1) is 0 Å². The van der Waals surface area contributed by atoms with E-state index in [0.29, 0.717) is 0 Å². The molecule has 6 heteroatoms. The average Bonchev–Trinajstić information content (AvgIpc) is 2.31. The standard InChI is InChI=1S/C7H9ClF2N2O/c1-4(2)12-3-5(8)6(11-12)13-7(9)10/h3-4,7H,1-2H3. The second kappa shape index (κ2) is 3.91. The van der Waals surface area contributed by atoms with Gasteiger partial charge in [0.25, 0.3) is 5.88 Å². The molecular formula is C7H9ClF2N2O. The van der Waals surface area contributed by atoms with Gasteiger partial charge in [0.1, 0.15) is 5.02 Å². The van der Waals surface area contributed by atoms with Crippen LogP contribution in [-0.2, 0) is 0 Å². The quantitative estimate of drug-likeness (QED) is 0.767. The number of nitrogens with zero attached hydrogens (tertiary/aromatic N) is 2. The summed E-state index contributed by atoms with van der Waals surface area (Å²) in [5.41, 5.74) is 0. The van der Waals surface area contributed by atoms with E-state index in [4.69, 9.17) is 11.6 Å².